The minimum atomic E-state index is 0. The van der Waals surface area contributed by atoms with E-state index in [1.54, 1.807) is 6.07 Å². The molecule has 0 aromatic heterocycles. The summed E-state index contributed by atoms with van der Waals surface area (Å²) in [4.78, 5) is 2.62. The van der Waals surface area contributed by atoms with Gasteiger partial charge in [-0.25, -0.2) is 0 Å². The highest BCUT2D eigenvalue weighted by Crippen LogP contribution is 2.46. The van der Waals surface area contributed by atoms with E-state index in [1.165, 1.54) is 11.1 Å². The minimum Gasteiger partial charge on any atom is -0.504 e. The van der Waals surface area contributed by atoms with E-state index in [4.69, 9.17) is 0 Å². The molecule has 0 unspecified atom stereocenters. The molecule has 3 nitrogen and oxygen atoms in total. The number of rotatable bonds is 3. The molecule has 2 N–H and O–H groups in total. The first-order valence-corrected chi connectivity index (χ1v) is 8.55. The van der Waals surface area contributed by atoms with Gasteiger partial charge in [-0.15, -0.1) is 17.0 Å². The van der Waals surface area contributed by atoms with Crippen molar-refractivity contribution in [1.29, 1.82) is 0 Å². The summed E-state index contributed by atoms with van der Waals surface area (Å²) in [6.45, 7) is 2.23. The molecule has 2 aliphatic rings. The number of likely N-dealkylation sites (tertiary alicyclic amines) is 1. The summed E-state index contributed by atoms with van der Waals surface area (Å²) in [5, 5.41) is 19.8. The van der Waals surface area contributed by atoms with Crippen molar-refractivity contribution in [3.05, 3.63) is 59.2 Å². The van der Waals surface area contributed by atoms with Gasteiger partial charge in [-0.3, -0.25) is 4.90 Å². The minimum absolute atomic E-state index is 0. The molecule has 2 atom stereocenters. The fraction of sp³-hybridized carbons (Fsp3) is 0.400. The van der Waals surface area contributed by atoms with Gasteiger partial charge >= 0.3 is 0 Å². The van der Waals surface area contributed by atoms with Gasteiger partial charge in [0.15, 0.2) is 11.5 Å². The molecule has 24 heavy (non-hydrogen) atoms. The van der Waals surface area contributed by atoms with Gasteiger partial charge in [-0.1, -0.05) is 36.4 Å². The molecule has 2 aromatic rings. The van der Waals surface area contributed by atoms with Crippen molar-refractivity contribution < 1.29 is 10.2 Å². The number of hydrogen-bond donors (Lipinski definition) is 2. The first-order chi connectivity index (χ1) is 11.2. The number of aromatic hydroxyl groups is 2. The number of phenols is 2. The molecule has 1 saturated heterocycles. The first kappa shape index (κ1) is 17.3. The van der Waals surface area contributed by atoms with Crippen LogP contribution in [0.4, 0.5) is 0 Å². The lowest BCUT2D eigenvalue weighted by Gasteiger charge is -2.33. The molecule has 0 radical (unpaired) electrons. The van der Waals surface area contributed by atoms with Crippen molar-refractivity contribution in [1.82, 2.24) is 4.90 Å². The molecule has 1 aliphatic heterocycles. The summed E-state index contributed by atoms with van der Waals surface area (Å²) in [7, 11) is 0. The Bertz CT molecular complexity index is 704. The zero-order chi connectivity index (χ0) is 15.8. The molecule has 0 bridgehead atoms. The maximum atomic E-state index is 10.1. The highest BCUT2D eigenvalue weighted by atomic mass is 79.9. The second kappa shape index (κ2) is 7.16. The zero-order valence-corrected chi connectivity index (χ0v) is 15.4. The molecular formula is C20H24BrNO2. The van der Waals surface area contributed by atoms with E-state index in [9.17, 15) is 10.2 Å². The van der Waals surface area contributed by atoms with E-state index < -0.39 is 0 Å². The Hall–Kier alpha value is -1.52. The molecule has 4 heteroatoms. The van der Waals surface area contributed by atoms with E-state index in [-0.39, 0.29) is 28.5 Å². The third-order valence-electron chi connectivity index (χ3n) is 5.58. The molecule has 0 spiro atoms. The van der Waals surface area contributed by atoms with Gasteiger partial charge in [0.25, 0.3) is 0 Å². The van der Waals surface area contributed by atoms with Gasteiger partial charge in [-0.05, 0) is 49.4 Å². The van der Waals surface area contributed by atoms with Crippen LogP contribution in [0.5, 0.6) is 11.5 Å². The molecule has 2 aromatic carbocycles. The van der Waals surface area contributed by atoms with Gasteiger partial charge in [0, 0.05) is 24.1 Å². The van der Waals surface area contributed by atoms with E-state index in [0.29, 0.717) is 12.0 Å². The summed E-state index contributed by atoms with van der Waals surface area (Å²) in [6, 6.07) is 14.9. The van der Waals surface area contributed by atoms with Crippen LogP contribution in [0.15, 0.2) is 42.5 Å². The zero-order valence-electron chi connectivity index (χ0n) is 13.7. The molecule has 1 aliphatic carbocycles. The van der Waals surface area contributed by atoms with E-state index >= 15 is 0 Å². The van der Waals surface area contributed by atoms with Crippen LogP contribution < -0.4 is 0 Å². The molecule has 128 valence electrons. The Morgan fingerprint density at radius 2 is 1.79 bits per heavy atom. The quantitative estimate of drug-likeness (QED) is 0.778. The van der Waals surface area contributed by atoms with E-state index in [2.05, 4.69) is 35.2 Å². The summed E-state index contributed by atoms with van der Waals surface area (Å²) in [6.07, 6.45) is 4.18. The number of halogens is 1. The number of benzene rings is 2. The maximum absolute atomic E-state index is 10.1. The average molecular weight is 390 g/mol. The van der Waals surface area contributed by atoms with Crippen LogP contribution >= 0.6 is 17.0 Å². The number of nitrogens with zero attached hydrogens (tertiary/aromatic N) is 1. The number of hydrogen-bond acceptors (Lipinski definition) is 3. The molecular weight excluding hydrogens is 366 g/mol. The molecule has 0 saturated carbocycles. The average Bonchev–Trinajstić information content (AvgIpc) is 3.00. The lowest BCUT2D eigenvalue weighted by molar-refractivity contribution is 0.228. The Labute approximate surface area is 153 Å². The normalized spacial score (nSPS) is 22.5. The predicted molar refractivity (Wildman–Crippen MR) is 101 cm³/mol. The number of phenolic OH excluding ortho intramolecular Hbond substituents is 2. The molecule has 1 fully saturated rings. The van der Waals surface area contributed by atoms with Gasteiger partial charge in [0.1, 0.15) is 0 Å². The van der Waals surface area contributed by atoms with Crippen LogP contribution in [0.25, 0.3) is 0 Å². The predicted octanol–water partition coefficient (Wildman–Crippen LogP) is 4.02. The topological polar surface area (TPSA) is 43.7 Å². The maximum Gasteiger partial charge on any atom is 0.160 e. The second-order valence-corrected chi connectivity index (χ2v) is 6.77. The van der Waals surface area contributed by atoms with Crippen LogP contribution in [-0.2, 0) is 12.8 Å². The van der Waals surface area contributed by atoms with Gasteiger partial charge in [0.2, 0.25) is 0 Å². The van der Waals surface area contributed by atoms with E-state index in [1.807, 2.05) is 6.07 Å². The van der Waals surface area contributed by atoms with Gasteiger partial charge in [-0.2, -0.15) is 0 Å². The fourth-order valence-electron chi connectivity index (χ4n) is 4.40. The van der Waals surface area contributed by atoms with Crippen molar-refractivity contribution in [2.24, 2.45) is 0 Å². The van der Waals surface area contributed by atoms with Crippen LogP contribution in [-0.4, -0.2) is 34.2 Å². The van der Waals surface area contributed by atoms with Crippen molar-refractivity contribution in [3.63, 3.8) is 0 Å². The summed E-state index contributed by atoms with van der Waals surface area (Å²) < 4.78 is 0. The summed E-state index contributed by atoms with van der Waals surface area (Å²) in [5.41, 5.74) is 3.62. The van der Waals surface area contributed by atoms with Crippen molar-refractivity contribution >= 4 is 17.0 Å². The Balaban J connectivity index is 0.00000169. The highest BCUT2D eigenvalue weighted by Gasteiger charge is 2.39. The smallest absolute Gasteiger partial charge is 0.160 e. The third kappa shape index (κ3) is 3.05. The van der Waals surface area contributed by atoms with Crippen molar-refractivity contribution in [2.45, 2.75) is 37.6 Å². The van der Waals surface area contributed by atoms with Gasteiger partial charge < -0.3 is 10.2 Å². The fourth-order valence-corrected chi connectivity index (χ4v) is 4.40. The Morgan fingerprint density at radius 1 is 1.00 bits per heavy atom. The van der Waals surface area contributed by atoms with Crippen molar-refractivity contribution in [3.8, 4) is 11.5 Å². The largest absolute Gasteiger partial charge is 0.504 e. The third-order valence-corrected chi connectivity index (χ3v) is 5.58. The molecule has 0 amide bonds. The van der Waals surface area contributed by atoms with Crippen LogP contribution in [0.3, 0.4) is 0 Å². The highest BCUT2D eigenvalue weighted by molar-refractivity contribution is 8.93. The van der Waals surface area contributed by atoms with Crippen molar-refractivity contribution in [2.75, 3.05) is 13.1 Å². The van der Waals surface area contributed by atoms with E-state index in [0.717, 1.165) is 44.3 Å². The Morgan fingerprint density at radius 3 is 2.58 bits per heavy atom. The standard InChI is InChI=1S/C20H23NO2.BrH/c22-19-9-7-15-16-11-13-21(12-10-14-4-2-1-3-5-14)18(16)8-6-17(15)20(19)23;/h1-5,7,9,16,18,22-23H,6,8,10-13H2;1H/t16-,18+;/m1./s1. The molecule has 4 rings (SSSR count). The summed E-state index contributed by atoms with van der Waals surface area (Å²) >= 11 is 0. The first-order valence-electron chi connectivity index (χ1n) is 8.55. The van der Waals surface area contributed by atoms with Crippen LogP contribution in [0.2, 0.25) is 0 Å². The van der Waals surface area contributed by atoms with Crippen LogP contribution in [0, 0.1) is 0 Å². The Kier molecular flexibility index (Phi) is 5.16. The SMILES string of the molecule is Br.Oc1ccc2c(c1O)CC[C@H]1[C@@H]2CCN1CCc1ccccc1. The monoisotopic (exact) mass is 389 g/mol. The number of fused-ring (bicyclic) bond motifs is 3. The van der Waals surface area contributed by atoms with Crippen LogP contribution in [0.1, 0.15) is 35.4 Å². The molecule has 1 heterocycles. The van der Waals surface area contributed by atoms with Gasteiger partial charge in [0.05, 0.1) is 0 Å². The second-order valence-electron chi connectivity index (χ2n) is 6.77. The lowest BCUT2D eigenvalue weighted by atomic mass is 9.79. The summed E-state index contributed by atoms with van der Waals surface area (Å²) in [5.74, 6) is 0.617. The lowest BCUT2D eigenvalue weighted by Crippen LogP contribution is -2.36.